The van der Waals surface area contributed by atoms with Gasteiger partial charge >= 0.3 is 0 Å². The van der Waals surface area contributed by atoms with Gasteiger partial charge in [0, 0.05) is 30.6 Å². The van der Waals surface area contributed by atoms with Crippen molar-refractivity contribution in [3.8, 4) is 0 Å². The monoisotopic (exact) mass is 454 g/mol. The van der Waals surface area contributed by atoms with Crippen LogP contribution in [0.3, 0.4) is 0 Å². The summed E-state index contributed by atoms with van der Waals surface area (Å²) in [6, 6.07) is 3.49. The number of pyridine rings is 1. The van der Waals surface area contributed by atoms with E-state index in [2.05, 4.69) is 78.0 Å². The van der Waals surface area contributed by atoms with Gasteiger partial charge in [0.05, 0.1) is 12.1 Å². The Labute approximate surface area is 185 Å². The highest BCUT2D eigenvalue weighted by atomic mass is 28.4. The molecule has 7 heteroatoms. The molecule has 172 valence electrons. The van der Waals surface area contributed by atoms with Crippen LogP contribution in [-0.2, 0) is 8.85 Å². The molecule has 30 heavy (non-hydrogen) atoms. The summed E-state index contributed by atoms with van der Waals surface area (Å²) in [6.45, 7) is 22.8. The van der Waals surface area contributed by atoms with Crippen LogP contribution in [0.2, 0.25) is 36.3 Å². The molecule has 0 saturated heterocycles. The molecular formula is C23H43FN2O2Si2. The predicted octanol–water partition coefficient (Wildman–Crippen LogP) is 6.63. The van der Waals surface area contributed by atoms with E-state index >= 15 is 4.39 Å². The second-order valence-electron chi connectivity index (χ2n) is 11.8. The number of anilines is 1. The normalized spacial score (nSPS) is 26.1. The molecule has 0 spiro atoms. The van der Waals surface area contributed by atoms with Crippen molar-refractivity contribution in [2.24, 2.45) is 5.92 Å². The van der Waals surface area contributed by atoms with Crippen molar-refractivity contribution in [3.05, 3.63) is 24.5 Å². The predicted molar refractivity (Wildman–Crippen MR) is 130 cm³/mol. The van der Waals surface area contributed by atoms with E-state index in [9.17, 15) is 0 Å². The van der Waals surface area contributed by atoms with E-state index in [1.165, 1.54) is 0 Å². The first-order valence-electron chi connectivity index (χ1n) is 11.2. The second kappa shape index (κ2) is 9.00. The van der Waals surface area contributed by atoms with Crippen LogP contribution in [0, 0.1) is 5.92 Å². The zero-order chi connectivity index (χ0) is 23.0. The number of hydrogen-bond donors (Lipinski definition) is 1. The van der Waals surface area contributed by atoms with Gasteiger partial charge in [0.25, 0.3) is 0 Å². The first-order valence-corrected chi connectivity index (χ1v) is 17.0. The topological polar surface area (TPSA) is 43.4 Å². The van der Waals surface area contributed by atoms with Crippen LogP contribution in [-0.4, -0.2) is 46.5 Å². The van der Waals surface area contributed by atoms with Gasteiger partial charge in [-0.2, -0.15) is 0 Å². The molecular weight excluding hydrogens is 411 g/mol. The lowest BCUT2D eigenvalue weighted by atomic mass is 10.1. The first kappa shape index (κ1) is 25.5. The van der Waals surface area contributed by atoms with Gasteiger partial charge in [0.15, 0.2) is 16.6 Å². The van der Waals surface area contributed by atoms with Crippen molar-refractivity contribution in [3.63, 3.8) is 0 Å². The molecule has 0 unspecified atom stereocenters. The van der Waals surface area contributed by atoms with Gasteiger partial charge in [0.2, 0.25) is 0 Å². The summed E-state index contributed by atoms with van der Waals surface area (Å²) < 4.78 is 28.9. The highest BCUT2D eigenvalue weighted by molar-refractivity contribution is 6.74. The minimum Gasteiger partial charge on any atom is -0.416 e. The SMILES string of the molecule is CC(C)(C)[Si](C)(C)OC[C@H]1C[C@@H](Nc2ccncc2)[C@@H](F)[C@@H]1O[Si](C)(C)C(C)(C)C. The molecule has 0 amide bonds. The van der Waals surface area contributed by atoms with Crippen LogP contribution in [0.1, 0.15) is 48.0 Å². The van der Waals surface area contributed by atoms with Crippen molar-refractivity contribution < 1.29 is 13.2 Å². The third-order valence-electron chi connectivity index (χ3n) is 7.45. The van der Waals surface area contributed by atoms with Crippen molar-refractivity contribution in [1.29, 1.82) is 0 Å². The standard InChI is InChI=1S/C23H43FN2O2Si2/c1-22(2,3)29(7,8)27-16-17-15-19(26-18-11-13-25-14-12-18)20(24)21(17)28-30(9,10)23(4,5)6/h11-14,17,19-21H,15-16H2,1-10H3,(H,25,26)/t17-,19-,20-,21-/m1/s1. The van der Waals surface area contributed by atoms with Gasteiger partial charge < -0.3 is 14.2 Å². The quantitative estimate of drug-likeness (QED) is 0.469. The second-order valence-corrected chi connectivity index (χ2v) is 21.4. The molecule has 0 radical (unpaired) electrons. The lowest BCUT2D eigenvalue weighted by molar-refractivity contribution is 0.0551. The minimum absolute atomic E-state index is 0.0359. The zero-order valence-corrected chi connectivity index (χ0v) is 22.7. The Balaban J connectivity index is 2.21. The number of nitrogens with one attached hydrogen (secondary N) is 1. The minimum atomic E-state index is -2.11. The zero-order valence-electron chi connectivity index (χ0n) is 20.7. The molecule has 0 aromatic carbocycles. The fourth-order valence-electron chi connectivity index (χ4n) is 3.25. The Morgan fingerprint density at radius 1 is 1.00 bits per heavy atom. The third-order valence-corrected chi connectivity index (χ3v) is 16.4. The number of alkyl halides is 1. The summed E-state index contributed by atoms with van der Waals surface area (Å²) in [7, 11) is -4.02. The van der Waals surface area contributed by atoms with E-state index in [-0.39, 0.29) is 22.0 Å². The molecule has 1 saturated carbocycles. The maximum Gasteiger partial charge on any atom is 0.192 e. The van der Waals surface area contributed by atoms with E-state index in [0.717, 1.165) is 5.69 Å². The molecule has 1 fully saturated rings. The van der Waals surface area contributed by atoms with Gasteiger partial charge in [0.1, 0.15) is 6.17 Å². The smallest absolute Gasteiger partial charge is 0.192 e. The number of hydrogen-bond acceptors (Lipinski definition) is 4. The Morgan fingerprint density at radius 2 is 1.53 bits per heavy atom. The summed E-state index contributed by atoms with van der Waals surface area (Å²) in [4.78, 5) is 4.06. The highest BCUT2D eigenvalue weighted by Crippen LogP contribution is 2.43. The summed E-state index contributed by atoms with van der Waals surface area (Å²) in [5.41, 5.74) is 0.898. The first-order chi connectivity index (χ1) is 13.6. The average Bonchev–Trinajstić information content (AvgIpc) is 2.87. The van der Waals surface area contributed by atoms with Gasteiger partial charge in [-0.25, -0.2) is 4.39 Å². The van der Waals surface area contributed by atoms with Crippen LogP contribution in [0.15, 0.2) is 24.5 Å². The molecule has 2 rings (SSSR count). The van der Waals surface area contributed by atoms with Gasteiger partial charge in [-0.1, -0.05) is 41.5 Å². The molecule has 0 aliphatic heterocycles. The molecule has 1 aliphatic rings. The summed E-state index contributed by atoms with van der Waals surface area (Å²) in [6.07, 6.45) is 2.66. The highest BCUT2D eigenvalue weighted by Gasteiger charge is 2.50. The van der Waals surface area contributed by atoms with Crippen molar-refractivity contribution in [1.82, 2.24) is 4.98 Å². The molecule has 4 atom stereocenters. The van der Waals surface area contributed by atoms with Crippen molar-refractivity contribution in [2.45, 2.75) is 103 Å². The van der Waals surface area contributed by atoms with Crippen LogP contribution < -0.4 is 5.32 Å². The Bertz CT molecular complexity index is 687. The molecule has 1 aliphatic carbocycles. The maximum atomic E-state index is 15.7. The molecule has 1 aromatic heterocycles. The van der Waals surface area contributed by atoms with Gasteiger partial charge in [-0.3, -0.25) is 4.98 Å². The number of aromatic nitrogens is 1. The molecule has 1 N–H and O–H groups in total. The Morgan fingerprint density at radius 3 is 2.03 bits per heavy atom. The Hall–Kier alpha value is -0.766. The summed E-state index contributed by atoms with van der Waals surface area (Å²) in [5.74, 6) is 0.0441. The average molecular weight is 455 g/mol. The lowest BCUT2D eigenvalue weighted by Gasteiger charge is -2.41. The van der Waals surface area contributed by atoms with E-state index in [0.29, 0.717) is 13.0 Å². The fraction of sp³-hybridized carbons (Fsp3) is 0.783. The van der Waals surface area contributed by atoms with Crippen molar-refractivity contribution in [2.75, 3.05) is 11.9 Å². The van der Waals surface area contributed by atoms with Crippen molar-refractivity contribution >= 4 is 22.3 Å². The van der Waals surface area contributed by atoms with E-state index in [4.69, 9.17) is 8.85 Å². The van der Waals surface area contributed by atoms with E-state index in [1.54, 1.807) is 12.4 Å². The number of rotatable bonds is 7. The van der Waals surface area contributed by atoms with Crippen LogP contribution in [0.25, 0.3) is 0 Å². The largest absolute Gasteiger partial charge is 0.416 e. The third kappa shape index (κ3) is 5.93. The lowest BCUT2D eigenvalue weighted by Crippen LogP contribution is -2.49. The summed E-state index contributed by atoms with van der Waals surface area (Å²) in [5, 5.41) is 3.54. The molecule has 4 nitrogen and oxygen atoms in total. The molecule has 1 aromatic rings. The maximum absolute atomic E-state index is 15.7. The van der Waals surface area contributed by atoms with E-state index in [1.807, 2.05) is 12.1 Å². The van der Waals surface area contributed by atoms with Gasteiger partial charge in [-0.15, -0.1) is 0 Å². The number of nitrogens with zero attached hydrogens (tertiary/aromatic N) is 1. The molecule has 0 bridgehead atoms. The van der Waals surface area contributed by atoms with Crippen LogP contribution >= 0.6 is 0 Å². The Kier molecular flexibility index (Phi) is 7.65. The van der Waals surface area contributed by atoms with E-state index < -0.39 is 28.9 Å². The molecule has 1 heterocycles. The summed E-state index contributed by atoms with van der Waals surface area (Å²) >= 11 is 0. The fourth-order valence-corrected chi connectivity index (χ4v) is 5.67. The van der Waals surface area contributed by atoms with Crippen LogP contribution in [0.4, 0.5) is 10.1 Å². The van der Waals surface area contributed by atoms with Gasteiger partial charge in [-0.05, 0) is 54.8 Å². The van der Waals surface area contributed by atoms with Crippen LogP contribution in [0.5, 0.6) is 0 Å². The number of halogens is 1.